The van der Waals surface area contributed by atoms with Crippen molar-refractivity contribution >= 4 is 33.2 Å². The molecule has 4 heteroatoms. The molecule has 0 aliphatic rings. The summed E-state index contributed by atoms with van der Waals surface area (Å²) in [6.45, 7) is 3.26. The fourth-order valence-electron chi connectivity index (χ4n) is 0.878. The third-order valence-electron chi connectivity index (χ3n) is 1.60. The van der Waals surface area contributed by atoms with Gasteiger partial charge in [0.05, 0.1) is 0 Å². The number of rotatable bonds is 9. The molecule has 0 fully saturated rings. The van der Waals surface area contributed by atoms with E-state index in [4.69, 9.17) is 0 Å². The largest absolute Gasteiger partial charge is 0.300 e. The standard InChI is InChI=1S/C10H18O2S2/c1-9(11)5-3-7-13-14-8-4-6-10(2)12/h3-8H2,1-2H3. The van der Waals surface area contributed by atoms with E-state index in [1.807, 2.05) is 0 Å². The molecule has 0 heterocycles. The molecule has 0 aliphatic carbocycles. The molecule has 0 aromatic carbocycles. The smallest absolute Gasteiger partial charge is 0.129 e. The molecule has 0 rings (SSSR count). The van der Waals surface area contributed by atoms with Crippen LogP contribution in [0.15, 0.2) is 0 Å². The van der Waals surface area contributed by atoms with Crippen LogP contribution < -0.4 is 0 Å². The molecular formula is C10H18O2S2. The van der Waals surface area contributed by atoms with Crippen LogP contribution in [-0.2, 0) is 9.59 Å². The van der Waals surface area contributed by atoms with Crippen molar-refractivity contribution in [2.75, 3.05) is 11.5 Å². The average molecular weight is 234 g/mol. The van der Waals surface area contributed by atoms with Crippen molar-refractivity contribution in [2.24, 2.45) is 0 Å². The number of ketones is 2. The van der Waals surface area contributed by atoms with E-state index in [1.165, 1.54) is 0 Å². The van der Waals surface area contributed by atoms with Crippen LogP contribution in [0, 0.1) is 0 Å². The molecule has 14 heavy (non-hydrogen) atoms. The Balaban J connectivity index is 2.99. The first-order valence-corrected chi connectivity index (χ1v) is 7.35. The van der Waals surface area contributed by atoms with E-state index in [0.717, 1.165) is 24.3 Å². The van der Waals surface area contributed by atoms with Gasteiger partial charge >= 0.3 is 0 Å². The molecule has 0 spiro atoms. The summed E-state index contributed by atoms with van der Waals surface area (Å²) in [5.41, 5.74) is 0. The second kappa shape index (κ2) is 9.59. The second-order valence-corrected chi connectivity index (χ2v) is 5.96. The predicted molar refractivity (Wildman–Crippen MR) is 64.7 cm³/mol. The molecule has 0 aliphatic heterocycles. The first-order chi connectivity index (χ1) is 6.63. The van der Waals surface area contributed by atoms with Crippen molar-refractivity contribution in [3.8, 4) is 0 Å². The summed E-state index contributed by atoms with van der Waals surface area (Å²) in [6, 6.07) is 0. The molecule has 82 valence electrons. The highest BCUT2D eigenvalue weighted by molar-refractivity contribution is 8.76. The minimum atomic E-state index is 0.271. The molecule has 0 bridgehead atoms. The van der Waals surface area contributed by atoms with Gasteiger partial charge in [0, 0.05) is 24.3 Å². The highest BCUT2D eigenvalue weighted by atomic mass is 33.1. The highest BCUT2D eigenvalue weighted by Gasteiger charge is 1.96. The van der Waals surface area contributed by atoms with E-state index < -0.39 is 0 Å². The van der Waals surface area contributed by atoms with Gasteiger partial charge in [0.25, 0.3) is 0 Å². The summed E-state index contributed by atoms with van der Waals surface area (Å²) < 4.78 is 0. The van der Waals surface area contributed by atoms with Gasteiger partial charge in [-0.15, -0.1) is 0 Å². The Morgan fingerprint density at radius 1 is 0.857 bits per heavy atom. The number of carbonyl (C=O) groups is 2. The van der Waals surface area contributed by atoms with Crippen molar-refractivity contribution in [1.29, 1.82) is 0 Å². The normalized spacial score (nSPS) is 10.1. The Labute approximate surface area is 94.0 Å². The minimum absolute atomic E-state index is 0.271. The average Bonchev–Trinajstić information content (AvgIpc) is 2.08. The van der Waals surface area contributed by atoms with Gasteiger partial charge in [-0.1, -0.05) is 21.6 Å². The molecule has 0 N–H and O–H groups in total. The van der Waals surface area contributed by atoms with Crippen molar-refractivity contribution in [3.63, 3.8) is 0 Å². The lowest BCUT2D eigenvalue weighted by Crippen LogP contribution is -1.91. The van der Waals surface area contributed by atoms with Gasteiger partial charge in [-0.3, -0.25) is 0 Å². The van der Waals surface area contributed by atoms with E-state index in [1.54, 1.807) is 35.4 Å². The quantitative estimate of drug-likeness (QED) is 0.453. The number of Topliss-reactive ketones (excluding diaryl/α,β-unsaturated/α-hetero) is 2. The van der Waals surface area contributed by atoms with Crippen LogP contribution in [0.25, 0.3) is 0 Å². The van der Waals surface area contributed by atoms with Gasteiger partial charge in [0.15, 0.2) is 0 Å². The van der Waals surface area contributed by atoms with Crippen LogP contribution in [0.3, 0.4) is 0 Å². The van der Waals surface area contributed by atoms with Crippen molar-refractivity contribution in [3.05, 3.63) is 0 Å². The van der Waals surface area contributed by atoms with E-state index in [0.29, 0.717) is 12.8 Å². The number of hydrogen-bond acceptors (Lipinski definition) is 4. The zero-order valence-corrected chi connectivity index (χ0v) is 10.5. The monoisotopic (exact) mass is 234 g/mol. The summed E-state index contributed by atoms with van der Waals surface area (Å²) in [5, 5.41) is 0. The molecule has 0 atom stereocenters. The van der Waals surface area contributed by atoms with Gasteiger partial charge in [-0.25, -0.2) is 0 Å². The first kappa shape index (κ1) is 14.0. The van der Waals surface area contributed by atoms with E-state index >= 15 is 0 Å². The number of carbonyl (C=O) groups excluding carboxylic acids is 2. The maximum atomic E-state index is 10.6. The molecule has 0 saturated heterocycles. The molecule has 0 aromatic rings. The topological polar surface area (TPSA) is 34.1 Å². The third kappa shape index (κ3) is 12.0. The summed E-state index contributed by atoms with van der Waals surface area (Å²) in [7, 11) is 3.60. The van der Waals surface area contributed by atoms with Gasteiger partial charge in [0.1, 0.15) is 11.6 Å². The van der Waals surface area contributed by atoms with E-state index in [2.05, 4.69) is 0 Å². The van der Waals surface area contributed by atoms with Crippen LogP contribution in [0.2, 0.25) is 0 Å². The van der Waals surface area contributed by atoms with Crippen LogP contribution in [0.5, 0.6) is 0 Å². The van der Waals surface area contributed by atoms with Crippen molar-refractivity contribution in [2.45, 2.75) is 39.5 Å². The Hall–Kier alpha value is 0.0400. The molecule has 0 amide bonds. The Morgan fingerprint density at radius 2 is 1.21 bits per heavy atom. The second-order valence-electron chi connectivity index (χ2n) is 3.26. The molecule has 0 radical (unpaired) electrons. The van der Waals surface area contributed by atoms with Gasteiger partial charge in [-0.05, 0) is 26.7 Å². The van der Waals surface area contributed by atoms with Crippen LogP contribution >= 0.6 is 21.6 Å². The minimum Gasteiger partial charge on any atom is -0.300 e. The molecule has 0 aromatic heterocycles. The summed E-state index contributed by atoms with van der Waals surface area (Å²) >= 11 is 0. The fraction of sp³-hybridized carbons (Fsp3) is 0.800. The third-order valence-corrected chi connectivity index (χ3v) is 4.17. The SMILES string of the molecule is CC(=O)CCCSSCCCC(C)=O. The number of hydrogen-bond donors (Lipinski definition) is 0. The highest BCUT2D eigenvalue weighted by Crippen LogP contribution is 2.23. The molecule has 0 saturated carbocycles. The lowest BCUT2D eigenvalue weighted by Gasteiger charge is -1.99. The van der Waals surface area contributed by atoms with E-state index in [-0.39, 0.29) is 11.6 Å². The lowest BCUT2D eigenvalue weighted by molar-refractivity contribution is -0.117. The summed E-state index contributed by atoms with van der Waals surface area (Å²) in [5.74, 6) is 2.61. The summed E-state index contributed by atoms with van der Waals surface area (Å²) in [6.07, 6.45) is 3.33. The Bertz CT molecular complexity index is 161. The first-order valence-electron chi connectivity index (χ1n) is 4.86. The van der Waals surface area contributed by atoms with Crippen LogP contribution in [-0.4, -0.2) is 23.1 Å². The summed E-state index contributed by atoms with van der Waals surface area (Å²) in [4.78, 5) is 21.2. The Morgan fingerprint density at radius 3 is 1.50 bits per heavy atom. The van der Waals surface area contributed by atoms with Crippen LogP contribution in [0.1, 0.15) is 39.5 Å². The van der Waals surface area contributed by atoms with Gasteiger partial charge in [-0.2, -0.15) is 0 Å². The molecule has 2 nitrogen and oxygen atoms in total. The lowest BCUT2D eigenvalue weighted by atomic mass is 10.3. The fourth-order valence-corrected chi connectivity index (χ4v) is 3.05. The van der Waals surface area contributed by atoms with Crippen LogP contribution in [0.4, 0.5) is 0 Å². The van der Waals surface area contributed by atoms with Gasteiger partial charge in [0.2, 0.25) is 0 Å². The maximum absolute atomic E-state index is 10.6. The van der Waals surface area contributed by atoms with Gasteiger partial charge < -0.3 is 9.59 Å². The zero-order chi connectivity index (χ0) is 10.8. The predicted octanol–water partition coefficient (Wildman–Crippen LogP) is 3.11. The Kier molecular flexibility index (Phi) is 9.62. The van der Waals surface area contributed by atoms with E-state index in [9.17, 15) is 9.59 Å². The maximum Gasteiger partial charge on any atom is 0.129 e. The molecular weight excluding hydrogens is 216 g/mol. The van der Waals surface area contributed by atoms with Crippen molar-refractivity contribution in [1.82, 2.24) is 0 Å². The van der Waals surface area contributed by atoms with Crippen molar-refractivity contribution < 1.29 is 9.59 Å². The zero-order valence-electron chi connectivity index (χ0n) is 8.88. The molecule has 0 unspecified atom stereocenters.